The number of nitrogens with one attached hydrogen (secondary N) is 1. The zero-order valence-corrected chi connectivity index (χ0v) is 13.0. The first-order chi connectivity index (χ1) is 10.1. The number of urea groups is 1. The summed E-state index contributed by atoms with van der Waals surface area (Å²) in [6, 6.07) is -0.0114. The van der Waals surface area contributed by atoms with Crippen LogP contribution in [0.2, 0.25) is 0 Å². The van der Waals surface area contributed by atoms with E-state index in [2.05, 4.69) is 10.2 Å². The van der Waals surface area contributed by atoms with Crippen molar-refractivity contribution in [1.29, 1.82) is 0 Å². The molecule has 4 saturated heterocycles. The van der Waals surface area contributed by atoms with E-state index >= 15 is 0 Å². The third-order valence-electron chi connectivity index (χ3n) is 4.86. The minimum Gasteiger partial charge on any atom is -0.481 e. The van der Waals surface area contributed by atoms with Gasteiger partial charge < -0.3 is 20.2 Å². The summed E-state index contributed by atoms with van der Waals surface area (Å²) < 4.78 is 0. The van der Waals surface area contributed by atoms with Gasteiger partial charge in [0.2, 0.25) is 0 Å². The van der Waals surface area contributed by atoms with E-state index in [4.69, 9.17) is 5.11 Å². The molecule has 0 saturated carbocycles. The molecule has 4 aliphatic heterocycles. The fraction of sp³-hybridized carbons (Fsp3) is 0.857. The highest BCUT2D eigenvalue weighted by atomic mass is 32.2. The number of carbonyl (C=O) groups excluding carboxylic acids is 1. The summed E-state index contributed by atoms with van der Waals surface area (Å²) in [4.78, 5) is 27.6. The minimum atomic E-state index is -0.830. The lowest BCUT2D eigenvalue weighted by molar-refractivity contribution is -0.138. The maximum Gasteiger partial charge on any atom is 0.317 e. The number of fused-ring (bicyclic) bond motifs is 3. The Balaban J connectivity index is 1.59. The number of carboxylic acid groups (broad SMARTS) is 1. The van der Waals surface area contributed by atoms with Crippen molar-refractivity contribution in [2.45, 2.75) is 31.3 Å². The van der Waals surface area contributed by atoms with Crippen LogP contribution < -0.4 is 5.32 Å². The summed E-state index contributed by atoms with van der Waals surface area (Å²) in [7, 11) is 0. The molecule has 4 rings (SSSR count). The summed E-state index contributed by atoms with van der Waals surface area (Å²) >= 11 is 1.73. The van der Waals surface area contributed by atoms with Crippen molar-refractivity contribution < 1.29 is 14.7 Å². The third-order valence-corrected chi connectivity index (χ3v) is 5.96. The average molecular weight is 313 g/mol. The highest BCUT2D eigenvalue weighted by Crippen LogP contribution is 2.28. The number of piperidine rings is 3. The summed E-state index contributed by atoms with van der Waals surface area (Å²) in [5, 5.41) is 12.2. The van der Waals surface area contributed by atoms with Crippen molar-refractivity contribution in [3.05, 3.63) is 0 Å². The molecule has 2 amide bonds. The molecule has 0 spiro atoms. The lowest BCUT2D eigenvalue weighted by Gasteiger charge is -2.46. The fourth-order valence-corrected chi connectivity index (χ4v) is 4.73. The third kappa shape index (κ3) is 3.45. The Bertz CT molecular complexity index is 412. The number of aliphatic carboxylic acids is 1. The Kier molecular flexibility index (Phi) is 4.59. The fourth-order valence-electron chi connectivity index (χ4n) is 3.66. The van der Waals surface area contributed by atoms with Gasteiger partial charge in [0.05, 0.1) is 12.5 Å². The molecule has 6 nitrogen and oxygen atoms in total. The van der Waals surface area contributed by atoms with Crippen LogP contribution in [0.3, 0.4) is 0 Å². The van der Waals surface area contributed by atoms with E-state index in [1.807, 2.05) is 0 Å². The van der Waals surface area contributed by atoms with E-state index < -0.39 is 5.97 Å². The molecule has 4 fully saturated rings. The van der Waals surface area contributed by atoms with Crippen molar-refractivity contribution >= 4 is 23.8 Å². The van der Waals surface area contributed by atoms with Crippen molar-refractivity contribution in [3.8, 4) is 0 Å². The van der Waals surface area contributed by atoms with E-state index in [-0.39, 0.29) is 24.5 Å². The van der Waals surface area contributed by atoms with Crippen LogP contribution in [0.15, 0.2) is 0 Å². The molecule has 21 heavy (non-hydrogen) atoms. The molecule has 7 heteroatoms. The van der Waals surface area contributed by atoms with Crippen LogP contribution in [0.25, 0.3) is 0 Å². The topological polar surface area (TPSA) is 72.9 Å². The molecule has 2 unspecified atom stereocenters. The molecule has 0 aromatic carbocycles. The maximum absolute atomic E-state index is 12.5. The normalized spacial score (nSPS) is 35.5. The van der Waals surface area contributed by atoms with Crippen LogP contribution >= 0.6 is 11.8 Å². The Labute approximate surface area is 129 Å². The zero-order chi connectivity index (χ0) is 14.8. The Hall–Kier alpha value is -0.950. The number of thioether (sulfide) groups is 1. The van der Waals surface area contributed by atoms with Gasteiger partial charge in [-0.15, -0.1) is 0 Å². The van der Waals surface area contributed by atoms with Crippen LogP contribution in [0, 0.1) is 5.92 Å². The van der Waals surface area contributed by atoms with E-state index in [0.717, 1.165) is 31.1 Å². The highest BCUT2D eigenvalue weighted by molar-refractivity contribution is 7.99. The molecule has 0 aliphatic carbocycles. The van der Waals surface area contributed by atoms with Crippen LogP contribution in [-0.2, 0) is 4.79 Å². The summed E-state index contributed by atoms with van der Waals surface area (Å²) in [5.74, 6) is 1.38. The molecule has 2 bridgehead atoms. The molecular weight excluding hydrogens is 290 g/mol. The molecule has 118 valence electrons. The molecule has 0 aromatic rings. The van der Waals surface area contributed by atoms with Crippen molar-refractivity contribution in [2.75, 3.05) is 37.7 Å². The molecule has 4 heterocycles. The Morgan fingerprint density at radius 2 is 2.00 bits per heavy atom. The molecule has 2 atom stereocenters. The Morgan fingerprint density at radius 1 is 1.24 bits per heavy atom. The lowest BCUT2D eigenvalue weighted by atomic mass is 9.84. The second-order valence-corrected chi connectivity index (χ2v) is 7.36. The van der Waals surface area contributed by atoms with Gasteiger partial charge in [0.15, 0.2) is 0 Å². The summed E-state index contributed by atoms with van der Waals surface area (Å²) in [5.41, 5.74) is 0. The van der Waals surface area contributed by atoms with E-state index in [0.29, 0.717) is 12.5 Å². The summed E-state index contributed by atoms with van der Waals surface area (Å²) in [6.45, 7) is 3.90. The molecule has 0 radical (unpaired) electrons. The maximum atomic E-state index is 12.5. The van der Waals surface area contributed by atoms with Gasteiger partial charge in [-0.3, -0.25) is 4.79 Å². The van der Waals surface area contributed by atoms with Gasteiger partial charge >= 0.3 is 12.0 Å². The first kappa shape index (κ1) is 15.0. The molecule has 4 aliphatic rings. The van der Waals surface area contributed by atoms with Gasteiger partial charge in [-0.2, -0.15) is 11.8 Å². The Morgan fingerprint density at radius 3 is 2.62 bits per heavy atom. The number of rotatable bonds is 3. The van der Waals surface area contributed by atoms with E-state index in [1.54, 1.807) is 16.7 Å². The van der Waals surface area contributed by atoms with Gasteiger partial charge in [0.25, 0.3) is 0 Å². The van der Waals surface area contributed by atoms with Crippen LogP contribution in [-0.4, -0.2) is 76.7 Å². The first-order valence-electron chi connectivity index (χ1n) is 7.72. The number of nitrogens with zero attached hydrogens (tertiary/aromatic N) is 2. The largest absolute Gasteiger partial charge is 0.481 e. The predicted molar refractivity (Wildman–Crippen MR) is 81.6 cm³/mol. The molecular formula is C14H23N3O3S. The number of carbonyl (C=O) groups is 2. The lowest BCUT2D eigenvalue weighted by Crippen LogP contribution is -2.61. The number of hydrogen-bond acceptors (Lipinski definition) is 4. The number of carboxylic acids is 1. The number of amides is 2. The first-order valence-corrected chi connectivity index (χ1v) is 8.88. The molecule has 2 N–H and O–H groups in total. The number of hydrogen-bond donors (Lipinski definition) is 2. The van der Waals surface area contributed by atoms with Gasteiger partial charge in [-0.05, 0) is 31.8 Å². The van der Waals surface area contributed by atoms with Crippen molar-refractivity contribution in [1.82, 2.24) is 15.1 Å². The quantitative estimate of drug-likeness (QED) is 0.802. The minimum absolute atomic E-state index is 0.0423. The predicted octanol–water partition coefficient (Wildman–Crippen LogP) is 0.682. The second-order valence-electron chi connectivity index (χ2n) is 6.21. The zero-order valence-electron chi connectivity index (χ0n) is 12.2. The summed E-state index contributed by atoms with van der Waals surface area (Å²) in [6.07, 6.45) is 2.37. The SMILES string of the molecule is O=C(O)CC1CSCCN1C(=O)NC1CN2CCC1CC2. The standard InChI is InChI=1S/C14H23N3O3S/c18-13(19)7-11-9-21-6-5-17(11)14(20)15-12-8-16-3-1-10(12)2-4-16/h10-12H,1-9H2,(H,15,20)(H,18,19). The van der Waals surface area contributed by atoms with Crippen LogP contribution in [0.4, 0.5) is 4.79 Å². The van der Waals surface area contributed by atoms with Crippen LogP contribution in [0.5, 0.6) is 0 Å². The van der Waals surface area contributed by atoms with Gasteiger partial charge in [0.1, 0.15) is 0 Å². The molecule has 0 aromatic heterocycles. The van der Waals surface area contributed by atoms with Gasteiger partial charge in [0, 0.05) is 30.6 Å². The van der Waals surface area contributed by atoms with Crippen molar-refractivity contribution in [3.63, 3.8) is 0 Å². The monoisotopic (exact) mass is 313 g/mol. The highest BCUT2D eigenvalue weighted by Gasteiger charge is 2.37. The van der Waals surface area contributed by atoms with Gasteiger partial charge in [-0.1, -0.05) is 0 Å². The smallest absolute Gasteiger partial charge is 0.317 e. The van der Waals surface area contributed by atoms with Crippen LogP contribution in [0.1, 0.15) is 19.3 Å². The second kappa shape index (κ2) is 6.44. The average Bonchev–Trinajstić information content (AvgIpc) is 2.48. The van der Waals surface area contributed by atoms with E-state index in [1.165, 1.54) is 12.8 Å². The van der Waals surface area contributed by atoms with Gasteiger partial charge in [-0.25, -0.2) is 4.79 Å². The van der Waals surface area contributed by atoms with Crippen molar-refractivity contribution in [2.24, 2.45) is 5.92 Å². The van der Waals surface area contributed by atoms with E-state index in [9.17, 15) is 9.59 Å².